The molecule has 0 heterocycles. The molecule has 0 aromatic heterocycles. The third-order valence-corrected chi connectivity index (χ3v) is 11.2. The van der Waals surface area contributed by atoms with Crippen molar-refractivity contribution in [1.29, 1.82) is 0 Å². The molecular formula is C45H68. The molecule has 4 rings (SSSR count). The monoisotopic (exact) mass is 609 g/mol. The standard InChI is InChI=1S/C45H68/c1-3-5-7-8-9-10-11-12-13-14-15-16-17-19-39-26-30-42(31-27-39)44-34-36-45(37-35-44)43-32-28-41(29-33-43)25-24-40-22-20-38(21-23-40)18-6-4-2/h6,18,24-25,28-29,32-40,42H,3-5,7-17,19-23,26-27,30-31H2,1-2H3/b18-6+,25-24+. The van der Waals surface area contributed by atoms with Crippen LogP contribution in [0.2, 0.25) is 0 Å². The number of hydrogen-bond donors (Lipinski definition) is 0. The van der Waals surface area contributed by atoms with Gasteiger partial charge in [0.1, 0.15) is 0 Å². The minimum Gasteiger partial charge on any atom is -0.0885 e. The highest BCUT2D eigenvalue weighted by atomic mass is 14.3. The minimum atomic E-state index is 0.748. The van der Waals surface area contributed by atoms with Crippen molar-refractivity contribution in [3.8, 4) is 11.1 Å². The lowest BCUT2D eigenvalue weighted by Gasteiger charge is -2.29. The second-order valence-electron chi connectivity index (χ2n) is 14.9. The Hall–Kier alpha value is -2.08. The van der Waals surface area contributed by atoms with Crippen molar-refractivity contribution >= 4 is 6.08 Å². The molecular weight excluding hydrogens is 540 g/mol. The molecule has 0 saturated heterocycles. The van der Waals surface area contributed by atoms with Gasteiger partial charge in [0.2, 0.25) is 0 Å². The van der Waals surface area contributed by atoms with Crippen LogP contribution in [0.15, 0.2) is 66.8 Å². The Labute approximate surface area is 279 Å². The van der Waals surface area contributed by atoms with Gasteiger partial charge in [0.25, 0.3) is 0 Å². The molecule has 2 saturated carbocycles. The number of unbranched alkanes of at least 4 members (excludes halogenated alkanes) is 12. The van der Waals surface area contributed by atoms with E-state index >= 15 is 0 Å². The highest BCUT2D eigenvalue weighted by Crippen LogP contribution is 2.38. The lowest BCUT2D eigenvalue weighted by Crippen LogP contribution is -2.13. The summed E-state index contributed by atoms with van der Waals surface area (Å²) in [6.45, 7) is 4.54. The maximum Gasteiger partial charge on any atom is -0.0162 e. The van der Waals surface area contributed by atoms with Crippen LogP contribution in [0.1, 0.15) is 179 Å². The summed E-state index contributed by atoms with van der Waals surface area (Å²) in [5, 5.41) is 0. The Balaban J connectivity index is 1.06. The Morgan fingerprint density at radius 3 is 1.53 bits per heavy atom. The van der Waals surface area contributed by atoms with Gasteiger partial charge in [-0.3, -0.25) is 0 Å². The summed E-state index contributed by atoms with van der Waals surface area (Å²) in [7, 11) is 0. The van der Waals surface area contributed by atoms with Gasteiger partial charge in [-0.05, 0) is 104 Å². The van der Waals surface area contributed by atoms with Crippen molar-refractivity contribution < 1.29 is 0 Å². The summed E-state index contributed by atoms with van der Waals surface area (Å²) in [4.78, 5) is 0. The zero-order chi connectivity index (χ0) is 31.4. The van der Waals surface area contributed by atoms with E-state index in [1.807, 2.05) is 0 Å². The Bertz CT molecular complexity index is 1050. The number of benzene rings is 2. The molecule has 45 heavy (non-hydrogen) atoms. The van der Waals surface area contributed by atoms with Crippen LogP contribution in [0, 0.1) is 17.8 Å². The van der Waals surface area contributed by atoms with Gasteiger partial charge < -0.3 is 0 Å². The molecule has 0 heteroatoms. The molecule has 0 atom stereocenters. The van der Waals surface area contributed by atoms with Gasteiger partial charge in [-0.25, -0.2) is 0 Å². The summed E-state index contributed by atoms with van der Waals surface area (Å²) in [6.07, 6.45) is 42.3. The zero-order valence-corrected chi connectivity index (χ0v) is 29.5. The molecule has 2 aromatic rings. The molecule has 2 fully saturated rings. The quantitative estimate of drug-likeness (QED) is 0.104. The second kappa shape index (κ2) is 21.7. The normalized spacial score (nSPS) is 22.4. The predicted octanol–water partition coefficient (Wildman–Crippen LogP) is 14.9. The smallest absolute Gasteiger partial charge is 0.0162 e. The lowest BCUT2D eigenvalue weighted by atomic mass is 9.77. The van der Waals surface area contributed by atoms with Crippen LogP contribution in [0.3, 0.4) is 0 Å². The number of allylic oxidation sites excluding steroid dienone is 3. The summed E-state index contributed by atoms with van der Waals surface area (Å²) in [5.41, 5.74) is 5.59. The molecule has 0 nitrogen and oxygen atoms in total. The van der Waals surface area contributed by atoms with E-state index in [0.29, 0.717) is 0 Å². The van der Waals surface area contributed by atoms with Gasteiger partial charge in [-0.2, -0.15) is 0 Å². The SMILES string of the molecule is CC/C=C/C1CCC(/C=C/c2ccc(-c3ccc(C4CCC(CCCCCCCCCCCCCCC)CC4)cc3)cc2)CC1. The fourth-order valence-electron chi connectivity index (χ4n) is 8.08. The molecule has 2 aromatic carbocycles. The van der Waals surface area contributed by atoms with Crippen molar-refractivity contribution in [2.45, 2.75) is 167 Å². The van der Waals surface area contributed by atoms with E-state index in [0.717, 1.165) is 23.7 Å². The van der Waals surface area contributed by atoms with E-state index in [9.17, 15) is 0 Å². The van der Waals surface area contributed by atoms with Crippen LogP contribution in [0.4, 0.5) is 0 Å². The molecule has 2 aliphatic rings. The molecule has 0 radical (unpaired) electrons. The minimum absolute atomic E-state index is 0.748. The first-order chi connectivity index (χ1) is 22.2. The maximum atomic E-state index is 2.47. The van der Waals surface area contributed by atoms with E-state index < -0.39 is 0 Å². The van der Waals surface area contributed by atoms with Crippen LogP contribution in [-0.4, -0.2) is 0 Å². The van der Waals surface area contributed by atoms with Crippen LogP contribution < -0.4 is 0 Å². The fourth-order valence-corrected chi connectivity index (χ4v) is 8.08. The van der Waals surface area contributed by atoms with Gasteiger partial charge in [0.05, 0.1) is 0 Å². The molecule has 0 N–H and O–H groups in total. The van der Waals surface area contributed by atoms with Crippen molar-refractivity contribution in [3.63, 3.8) is 0 Å². The molecule has 0 spiro atoms. The maximum absolute atomic E-state index is 2.47. The topological polar surface area (TPSA) is 0 Å². The molecule has 0 amide bonds. The average Bonchev–Trinajstić information content (AvgIpc) is 3.09. The van der Waals surface area contributed by atoms with E-state index in [-0.39, 0.29) is 0 Å². The van der Waals surface area contributed by atoms with Gasteiger partial charge in [-0.1, -0.05) is 177 Å². The van der Waals surface area contributed by atoms with E-state index in [1.165, 1.54) is 164 Å². The Morgan fingerprint density at radius 1 is 0.511 bits per heavy atom. The average molecular weight is 609 g/mol. The van der Waals surface area contributed by atoms with Gasteiger partial charge in [-0.15, -0.1) is 0 Å². The molecule has 0 bridgehead atoms. The van der Waals surface area contributed by atoms with E-state index in [2.05, 4.69) is 86.7 Å². The third-order valence-electron chi connectivity index (χ3n) is 11.2. The van der Waals surface area contributed by atoms with Gasteiger partial charge in [0.15, 0.2) is 0 Å². The summed E-state index contributed by atoms with van der Waals surface area (Å²) >= 11 is 0. The van der Waals surface area contributed by atoms with Gasteiger partial charge >= 0.3 is 0 Å². The predicted molar refractivity (Wildman–Crippen MR) is 201 cm³/mol. The molecule has 248 valence electrons. The molecule has 0 aliphatic heterocycles. The van der Waals surface area contributed by atoms with Crippen molar-refractivity contribution in [2.75, 3.05) is 0 Å². The fraction of sp³-hybridized carbons (Fsp3) is 0.644. The number of hydrogen-bond acceptors (Lipinski definition) is 0. The molecule has 0 unspecified atom stereocenters. The first-order valence-corrected chi connectivity index (χ1v) is 19.8. The highest BCUT2D eigenvalue weighted by molar-refractivity contribution is 5.66. The van der Waals surface area contributed by atoms with Crippen LogP contribution in [-0.2, 0) is 0 Å². The summed E-state index contributed by atoms with van der Waals surface area (Å²) in [5.74, 6) is 3.32. The zero-order valence-electron chi connectivity index (χ0n) is 29.5. The van der Waals surface area contributed by atoms with Crippen molar-refractivity contribution in [2.24, 2.45) is 17.8 Å². The summed E-state index contributed by atoms with van der Waals surface area (Å²) in [6, 6.07) is 18.8. The van der Waals surface area contributed by atoms with Crippen molar-refractivity contribution in [3.05, 3.63) is 77.9 Å². The van der Waals surface area contributed by atoms with Crippen LogP contribution in [0.25, 0.3) is 17.2 Å². The van der Waals surface area contributed by atoms with Crippen LogP contribution >= 0.6 is 0 Å². The van der Waals surface area contributed by atoms with E-state index in [1.54, 1.807) is 5.56 Å². The highest BCUT2D eigenvalue weighted by Gasteiger charge is 2.22. The largest absolute Gasteiger partial charge is 0.0885 e. The second-order valence-corrected chi connectivity index (χ2v) is 14.9. The van der Waals surface area contributed by atoms with Gasteiger partial charge in [0, 0.05) is 0 Å². The van der Waals surface area contributed by atoms with Crippen molar-refractivity contribution in [1.82, 2.24) is 0 Å². The van der Waals surface area contributed by atoms with E-state index in [4.69, 9.17) is 0 Å². The Morgan fingerprint density at radius 2 is 1.00 bits per heavy atom. The van der Waals surface area contributed by atoms with Crippen LogP contribution in [0.5, 0.6) is 0 Å². The Kier molecular flexibility index (Phi) is 17.2. The summed E-state index contributed by atoms with van der Waals surface area (Å²) < 4.78 is 0. The first kappa shape index (κ1) is 35.8. The third kappa shape index (κ3) is 13.7. The lowest BCUT2D eigenvalue weighted by molar-refractivity contribution is 0.301. The number of rotatable bonds is 20. The first-order valence-electron chi connectivity index (χ1n) is 19.8. The molecule has 2 aliphatic carbocycles.